The Bertz CT molecular complexity index is 599. The molecular formula is C21H41N5O5. The fourth-order valence-electron chi connectivity index (χ4n) is 2.91. The second-order valence-electron chi connectivity index (χ2n) is 8.52. The molecule has 10 nitrogen and oxygen atoms in total. The molecule has 0 saturated carbocycles. The van der Waals surface area contributed by atoms with Crippen LogP contribution in [0.2, 0.25) is 0 Å². The molecular weight excluding hydrogens is 402 g/mol. The van der Waals surface area contributed by atoms with Gasteiger partial charge in [-0.1, -0.05) is 34.1 Å². The topological polar surface area (TPSA) is 177 Å². The number of nitrogens with one attached hydrogen (secondary N) is 3. The number of carboxylic acids is 1. The van der Waals surface area contributed by atoms with Gasteiger partial charge in [-0.25, -0.2) is 4.79 Å². The zero-order valence-electron chi connectivity index (χ0n) is 19.4. The van der Waals surface area contributed by atoms with Crippen LogP contribution in [-0.4, -0.2) is 59.5 Å². The van der Waals surface area contributed by atoms with Crippen molar-refractivity contribution < 1.29 is 24.3 Å². The van der Waals surface area contributed by atoms with Gasteiger partial charge in [0.05, 0.1) is 6.04 Å². The first-order valence-electron chi connectivity index (χ1n) is 11.0. The van der Waals surface area contributed by atoms with Crippen molar-refractivity contribution in [2.45, 2.75) is 90.9 Å². The molecule has 3 amide bonds. The molecule has 5 unspecified atom stereocenters. The van der Waals surface area contributed by atoms with Crippen LogP contribution in [0.1, 0.15) is 66.7 Å². The number of nitrogens with two attached hydrogens (primary N) is 2. The normalized spacial score (nSPS) is 16.0. The van der Waals surface area contributed by atoms with E-state index in [1.807, 2.05) is 27.7 Å². The van der Waals surface area contributed by atoms with E-state index < -0.39 is 47.9 Å². The third-order valence-corrected chi connectivity index (χ3v) is 5.21. The Labute approximate surface area is 185 Å². The summed E-state index contributed by atoms with van der Waals surface area (Å²) < 4.78 is 0. The third kappa shape index (κ3) is 11.1. The quantitative estimate of drug-likeness (QED) is 0.194. The van der Waals surface area contributed by atoms with E-state index in [1.54, 1.807) is 0 Å². The summed E-state index contributed by atoms with van der Waals surface area (Å²) in [6.07, 6.45) is 2.56. The van der Waals surface area contributed by atoms with Crippen molar-refractivity contribution in [3.8, 4) is 0 Å². The molecule has 0 aliphatic heterocycles. The first-order chi connectivity index (χ1) is 14.4. The molecule has 0 heterocycles. The van der Waals surface area contributed by atoms with Gasteiger partial charge in [0.1, 0.15) is 18.1 Å². The standard InChI is InChI=1S/C21H41N5O5/c1-6-13(4)17(23)20(29)26-16(11-12(2)3)19(28)24-14(5)18(27)25-15(21(30)31)9-7-8-10-22/h12-17H,6-11,22-23H2,1-5H3,(H,24,28)(H,25,27)(H,26,29)(H,30,31). The fraction of sp³-hybridized carbons (Fsp3) is 0.810. The largest absolute Gasteiger partial charge is 0.480 e. The Hall–Kier alpha value is -2.20. The molecule has 0 aromatic heterocycles. The molecule has 31 heavy (non-hydrogen) atoms. The molecule has 10 heteroatoms. The van der Waals surface area contributed by atoms with Crippen LogP contribution in [0.4, 0.5) is 0 Å². The maximum atomic E-state index is 12.7. The van der Waals surface area contributed by atoms with Crippen molar-refractivity contribution in [1.29, 1.82) is 0 Å². The van der Waals surface area contributed by atoms with Gasteiger partial charge in [-0.15, -0.1) is 0 Å². The maximum absolute atomic E-state index is 12.7. The van der Waals surface area contributed by atoms with Crippen LogP contribution in [0.3, 0.4) is 0 Å². The van der Waals surface area contributed by atoms with Crippen LogP contribution >= 0.6 is 0 Å². The Kier molecular flexibility index (Phi) is 13.7. The van der Waals surface area contributed by atoms with Gasteiger partial charge in [0, 0.05) is 0 Å². The van der Waals surface area contributed by atoms with Crippen LogP contribution in [0, 0.1) is 11.8 Å². The lowest BCUT2D eigenvalue weighted by Crippen LogP contribution is -2.57. The zero-order chi connectivity index (χ0) is 24.1. The Morgan fingerprint density at radius 1 is 0.871 bits per heavy atom. The van der Waals surface area contributed by atoms with E-state index in [1.165, 1.54) is 6.92 Å². The highest BCUT2D eigenvalue weighted by Gasteiger charge is 2.29. The average molecular weight is 444 g/mol. The lowest BCUT2D eigenvalue weighted by Gasteiger charge is -2.25. The molecule has 0 aliphatic rings. The number of rotatable bonds is 15. The highest BCUT2D eigenvalue weighted by atomic mass is 16.4. The molecule has 0 radical (unpaired) electrons. The van der Waals surface area contributed by atoms with Crippen molar-refractivity contribution >= 4 is 23.7 Å². The second kappa shape index (κ2) is 14.7. The van der Waals surface area contributed by atoms with Gasteiger partial charge in [0.2, 0.25) is 17.7 Å². The van der Waals surface area contributed by atoms with E-state index in [9.17, 15) is 24.3 Å². The average Bonchev–Trinajstić information content (AvgIpc) is 2.70. The molecule has 0 aliphatic carbocycles. The molecule has 0 aromatic carbocycles. The predicted octanol–water partition coefficient (Wildman–Crippen LogP) is 0.0938. The second-order valence-corrected chi connectivity index (χ2v) is 8.52. The fourth-order valence-corrected chi connectivity index (χ4v) is 2.91. The van der Waals surface area contributed by atoms with Crippen molar-refractivity contribution in [3.63, 3.8) is 0 Å². The minimum absolute atomic E-state index is 0.0420. The van der Waals surface area contributed by atoms with Crippen molar-refractivity contribution in [2.75, 3.05) is 6.54 Å². The summed E-state index contributed by atoms with van der Waals surface area (Å²) in [4.78, 5) is 49.0. The van der Waals surface area contributed by atoms with E-state index in [2.05, 4.69) is 16.0 Å². The lowest BCUT2D eigenvalue weighted by molar-refractivity contribution is -0.142. The Morgan fingerprint density at radius 2 is 1.45 bits per heavy atom. The minimum Gasteiger partial charge on any atom is -0.480 e. The molecule has 0 aromatic rings. The SMILES string of the molecule is CCC(C)C(N)C(=O)NC(CC(C)C)C(=O)NC(C)C(=O)NC(CCCCN)C(=O)O. The smallest absolute Gasteiger partial charge is 0.326 e. The molecule has 5 atom stereocenters. The van der Waals surface area contributed by atoms with Gasteiger partial charge in [0.25, 0.3) is 0 Å². The first-order valence-corrected chi connectivity index (χ1v) is 11.0. The summed E-state index contributed by atoms with van der Waals surface area (Å²) in [6, 6.07) is -3.62. The third-order valence-electron chi connectivity index (χ3n) is 5.21. The van der Waals surface area contributed by atoms with E-state index >= 15 is 0 Å². The minimum atomic E-state index is -1.15. The monoisotopic (exact) mass is 443 g/mol. The zero-order valence-corrected chi connectivity index (χ0v) is 19.4. The number of carbonyl (C=O) groups is 4. The highest BCUT2D eigenvalue weighted by molar-refractivity contribution is 5.93. The molecule has 0 spiro atoms. The summed E-state index contributed by atoms with van der Waals surface area (Å²) in [5.41, 5.74) is 11.4. The Morgan fingerprint density at radius 3 is 1.94 bits per heavy atom. The van der Waals surface area contributed by atoms with Gasteiger partial charge in [-0.05, 0) is 51.0 Å². The number of carbonyl (C=O) groups excluding carboxylic acids is 3. The van der Waals surface area contributed by atoms with E-state index in [0.29, 0.717) is 25.8 Å². The summed E-state index contributed by atoms with van der Waals surface area (Å²) in [5, 5.41) is 17.0. The molecule has 0 saturated heterocycles. The summed E-state index contributed by atoms with van der Waals surface area (Å²) in [5.74, 6) is -2.62. The van der Waals surface area contributed by atoms with E-state index in [0.717, 1.165) is 6.42 Å². The van der Waals surface area contributed by atoms with Crippen LogP contribution in [0.25, 0.3) is 0 Å². The molecule has 0 bridgehead atoms. The van der Waals surface area contributed by atoms with E-state index in [4.69, 9.17) is 11.5 Å². The van der Waals surface area contributed by atoms with Crippen molar-refractivity contribution in [2.24, 2.45) is 23.3 Å². The van der Waals surface area contributed by atoms with Gasteiger partial charge in [-0.2, -0.15) is 0 Å². The number of carboxylic acid groups (broad SMARTS) is 1. The lowest BCUT2D eigenvalue weighted by atomic mass is 9.97. The maximum Gasteiger partial charge on any atom is 0.326 e. The van der Waals surface area contributed by atoms with E-state index in [-0.39, 0.29) is 18.3 Å². The molecule has 0 fully saturated rings. The predicted molar refractivity (Wildman–Crippen MR) is 119 cm³/mol. The van der Waals surface area contributed by atoms with Gasteiger partial charge in [-0.3, -0.25) is 14.4 Å². The van der Waals surface area contributed by atoms with Crippen LogP contribution in [0.5, 0.6) is 0 Å². The van der Waals surface area contributed by atoms with Crippen molar-refractivity contribution in [1.82, 2.24) is 16.0 Å². The molecule has 8 N–H and O–H groups in total. The van der Waals surface area contributed by atoms with Crippen molar-refractivity contribution in [3.05, 3.63) is 0 Å². The first kappa shape index (κ1) is 28.8. The number of hydrogen-bond acceptors (Lipinski definition) is 6. The molecule has 0 rings (SSSR count). The number of hydrogen-bond donors (Lipinski definition) is 6. The van der Waals surface area contributed by atoms with Crippen LogP contribution < -0.4 is 27.4 Å². The summed E-state index contributed by atoms with van der Waals surface area (Å²) in [7, 11) is 0. The number of aliphatic carboxylic acids is 1. The van der Waals surface area contributed by atoms with Gasteiger partial charge in [0.15, 0.2) is 0 Å². The van der Waals surface area contributed by atoms with Crippen LogP contribution in [0.15, 0.2) is 0 Å². The number of unbranched alkanes of at least 4 members (excludes halogenated alkanes) is 1. The molecule has 180 valence electrons. The van der Waals surface area contributed by atoms with Crippen LogP contribution in [-0.2, 0) is 19.2 Å². The number of amides is 3. The highest BCUT2D eigenvalue weighted by Crippen LogP contribution is 2.09. The van der Waals surface area contributed by atoms with Gasteiger partial charge < -0.3 is 32.5 Å². The van der Waals surface area contributed by atoms with Gasteiger partial charge >= 0.3 is 5.97 Å². The Balaban J connectivity index is 5.04. The summed E-state index contributed by atoms with van der Waals surface area (Å²) in [6.45, 7) is 9.52. The summed E-state index contributed by atoms with van der Waals surface area (Å²) >= 11 is 0.